The number of rotatable bonds is 5. The summed E-state index contributed by atoms with van der Waals surface area (Å²) < 4.78 is 0. The molecule has 1 aliphatic carbocycles. The van der Waals surface area contributed by atoms with Gasteiger partial charge in [-0.1, -0.05) is 30.2 Å². The molecule has 1 aromatic carbocycles. The molecular formula is C15H19ClN2O3. The maximum atomic E-state index is 11.7. The molecule has 6 heteroatoms. The maximum Gasteiger partial charge on any atom is 0.315 e. The highest BCUT2D eigenvalue weighted by molar-refractivity contribution is 6.30. The van der Waals surface area contributed by atoms with Crippen molar-refractivity contribution in [2.24, 2.45) is 11.8 Å². The van der Waals surface area contributed by atoms with Crippen LogP contribution in [0.25, 0.3) is 0 Å². The van der Waals surface area contributed by atoms with Crippen LogP contribution in [0.15, 0.2) is 24.3 Å². The predicted octanol–water partition coefficient (Wildman–Crippen LogP) is 2.64. The van der Waals surface area contributed by atoms with Crippen LogP contribution in [0.1, 0.15) is 24.8 Å². The molecule has 1 saturated carbocycles. The van der Waals surface area contributed by atoms with Gasteiger partial charge in [0.25, 0.3) is 0 Å². The van der Waals surface area contributed by atoms with Crippen molar-refractivity contribution in [1.82, 2.24) is 10.6 Å². The number of carboxylic acids is 1. The van der Waals surface area contributed by atoms with E-state index in [9.17, 15) is 9.59 Å². The van der Waals surface area contributed by atoms with Crippen molar-refractivity contribution >= 4 is 23.6 Å². The van der Waals surface area contributed by atoms with Crippen LogP contribution in [0.5, 0.6) is 0 Å². The quantitative estimate of drug-likeness (QED) is 0.782. The largest absolute Gasteiger partial charge is 0.481 e. The van der Waals surface area contributed by atoms with Crippen LogP contribution in [0, 0.1) is 11.8 Å². The highest BCUT2D eigenvalue weighted by Gasteiger charge is 2.32. The van der Waals surface area contributed by atoms with Gasteiger partial charge in [-0.05, 0) is 36.5 Å². The molecule has 2 unspecified atom stereocenters. The first kappa shape index (κ1) is 15.6. The number of hydrogen-bond donors (Lipinski definition) is 3. The van der Waals surface area contributed by atoms with Gasteiger partial charge < -0.3 is 15.7 Å². The summed E-state index contributed by atoms with van der Waals surface area (Å²) in [4.78, 5) is 22.8. The number of carbonyl (C=O) groups is 2. The van der Waals surface area contributed by atoms with E-state index in [0.717, 1.165) is 18.4 Å². The summed E-state index contributed by atoms with van der Waals surface area (Å²) in [5.41, 5.74) is 0.918. The molecule has 2 atom stereocenters. The van der Waals surface area contributed by atoms with E-state index in [1.807, 2.05) is 12.1 Å². The number of amides is 2. The summed E-state index contributed by atoms with van der Waals surface area (Å²) in [5.74, 6) is -1.07. The van der Waals surface area contributed by atoms with Crippen molar-refractivity contribution < 1.29 is 14.7 Å². The number of hydrogen-bond acceptors (Lipinski definition) is 2. The van der Waals surface area contributed by atoms with Crippen LogP contribution in [-0.2, 0) is 11.3 Å². The standard InChI is InChI=1S/C15H19ClN2O3/c16-12-5-1-3-10(7-12)8-17-15(21)18-9-11-4-2-6-13(11)14(19)20/h1,3,5,7,11,13H,2,4,6,8-9H2,(H,19,20)(H2,17,18,21). The van der Waals surface area contributed by atoms with Crippen molar-refractivity contribution in [2.75, 3.05) is 6.54 Å². The first-order chi connectivity index (χ1) is 10.1. The Balaban J connectivity index is 1.74. The minimum atomic E-state index is -0.765. The third-order valence-electron chi connectivity index (χ3n) is 3.84. The van der Waals surface area contributed by atoms with E-state index < -0.39 is 5.97 Å². The second-order valence-electron chi connectivity index (χ2n) is 5.33. The van der Waals surface area contributed by atoms with Gasteiger partial charge in [-0.25, -0.2) is 4.79 Å². The summed E-state index contributed by atoms with van der Waals surface area (Å²) >= 11 is 5.87. The van der Waals surface area contributed by atoms with E-state index in [1.54, 1.807) is 12.1 Å². The van der Waals surface area contributed by atoms with Gasteiger partial charge in [0.2, 0.25) is 0 Å². The van der Waals surface area contributed by atoms with Gasteiger partial charge in [0.15, 0.2) is 0 Å². The van der Waals surface area contributed by atoms with Gasteiger partial charge in [0, 0.05) is 18.1 Å². The van der Waals surface area contributed by atoms with Crippen molar-refractivity contribution in [1.29, 1.82) is 0 Å². The topological polar surface area (TPSA) is 78.4 Å². The fourth-order valence-electron chi connectivity index (χ4n) is 2.72. The average Bonchev–Trinajstić information content (AvgIpc) is 2.91. The zero-order valence-corrected chi connectivity index (χ0v) is 12.4. The van der Waals surface area contributed by atoms with E-state index >= 15 is 0 Å². The SMILES string of the molecule is O=C(NCc1cccc(Cl)c1)NCC1CCCC1C(=O)O. The molecule has 5 nitrogen and oxygen atoms in total. The fraction of sp³-hybridized carbons (Fsp3) is 0.467. The van der Waals surface area contributed by atoms with Gasteiger partial charge in [0.05, 0.1) is 5.92 Å². The van der Waals surface area contributed by atoms with Crippen LogP contribution in [0.2, 0.25) is 5.02 Å². The number of carboxylic acid groups (broad SMARTS) is 1. The molecule has 3 N–H and O–H groups in total. The normalized spacial score (nSPS) is 21.0. The zero-order valence-electron chi connectivity index (χ0n) is 11.6. The Morgan fingerprint density at radius 2 is 2.10 bits per heavy atom. The number of benzene rings is 1. The smallest absolute Gasteiger partial charge is 0.315 e. The van der Waals surface area contributed by atoms with E-state index in [1.165, 1.54) is 0 Å². The second-order valence-corrected chi connectivity index (χ2v) is 5.77. The number of halogens is 1. The van der Waals surface area contributed by atoms with Crippen molar-refractivity contribution in [3.8, 4) is 0 Å². The molecule has 0 radical (unpaired) electrons. The van der Waals surface area contributed by atoms with E-state index in [4.69, 9.17) is 16.7 Å². The Bertz CT molecular complexity index is 521. The third-order valence-corrected chi connectivity index (χ3v) is 4.08. The van der Waals surface area contributed by atoms with Crippen molar-refractivity contribution in [2.45, 2.75) is 25.8 Å². The van der Waals surface area contributed by atoms with Crippen molar-refractivity contribution in [3.63, 3.8) is 0 Å². The highest BCUT2D eigenvalue weighted by atomic mass is 35.5. The van der Waals surface area contributed by atoms with Crippen LogP contribution in [0.3, 0.4) is 0 Å². The summed E-state index contributed by atoms with van der Waals surface area (Å²) in [6.07, 6.45) is 2.46. The lowest BCUT2D eigenvalue weighted by atomic mass is 9.96. The molecule has 1 aromatic rings. The molecule has 2 rings (SSSR count). The molecule has 2 amide bonds. The summed E-state index contributed by atoms with van der Waals surface area (Å²) in [5, 5.41) is 15.2. The van der Waals surface area contributed by atoms with E-state index in [2.05, 4.69) is 10.6 Å². The van der Waals surface area contributed by atoms with E-state index in [0.29, 0.717) is 24.5 Å². The number of nitrogens with one attached hydrogen (secondary N) is 2. The molecule has 0 saturated heterocycles. The molecule has 0 aromatic heterocycles. The average molecular weight is 311 g/mol. The van der Waals surface area contributed by atoms with Crippen LogP contribution in [-0.4, -0.2) is 23.7 Å². The Hall–Kier alpha value is -1.75. The lowest BCUT2D eigenvalue weighted by Gasteiger charge is -2.16. The zero-order chi connectivity index (χ0) is 15.2. The fourth-order valence-corrected chi connectivity index (χ4v) is 2.93. The highest BCUT2D eigenvalue weighted by Crippen LogP contribution is 2.31. The van der Waals surface area contributed by atoms with Crippen LogP contribution in [0.4, 0.5) is 4.79 Å². The van der Waals surface area contributed by atoms with E-state index in [-0.39, 0.29) is 17.9 Å². The molecule has 0 spiro atoms. The van der Waals surface area contributed by atoms with Gasteiger partial charge in [0.1, 0.15) is 0 Å². The monoisotopic (exact) mass is 310 g/mol. The first-order valence-electron chi connectivity index (χ1n) is 7.05. The van der Waals surface area contributed by atoms with Gasteiger partial charge in [-0.15, -0.1) is 0 Å². The summed E-state index contributed by atoms with van der Waals surface area (Å²) in [6.45, 7) is 0.789. The lowest BCUT2D eigenvalue weighted by Crippen LogP contribution is -2.39. The van der Waals surface area contributed by atoms with Gasteiger partial charge in [-0.2, -0.15) is 0 Å². The van der Waals surface area contributed by atoms with Gasteiger partial charge >= 0.3 is 12.0 Å². The molecule has 0 aliphatic heterocycles. The van der Waals surface area contributed by atoms with Crippen LogP contribution >= 0.6 is 11.6 Å². The Morgan fingerprint density at radius 1 is 1.29 bits per heavy atom. The van der Waals surface area contributed by atoms with Crippen molar-refractivity contribution in [3.05, 3.63) is 34.9 Å². The minimum absolute atomic E-state index is 0.0272. The van der Waals surface area contributed by atoms with Gasteiger partial charge in [-0.3, -0.25) is 4.79 Å². The number of aliphatic carboxylic acids is 1. The Morgan fingerprint density at radius 3 is 2.81 bits per heavy atom. The Labute approximate surface area is 128 Å². The Kier molecular flexibility index (Phi) is 5.44. The molecule has 114 valence electrons. The van der Waals surface area contributed by atoms with Crippen LogP contribution < -0.4 is 10.6 Å². The minimum Gasteiger partial charge on any atom is -0.481 e. The summed E-state index contributed by atoms with van der Waals surface area (Å²) in [6, 6.07) is 6.99. The maximum absolute atomic E-state index is 11.7. The number of carbonyl (C=O) groups excluding carboxylic acids is 1. The summed E-state index contributed by atoms with van der Waals surface area (Å²) in [7, 11) is 0. The third kappa shape index (κ3) is 4.63. The predicted molar refractivity (Wildman–Crippen MR) is 80.2 cm³/mol. The molecule has 1 fully saturated rings. The second kappa shape index (κ2) is 7.31. The lowest BCUT2D eigenvalue weighted by molar-refractivity contribution is -0.142. The molecule has 21 heavy (non-hydrogen) atoms. The molecule has 1 aliphatic rings. The first-order valence-corrected chi connectivity index (χ1v) is 7.43. The molecule has 0 heterocycles. The molecule has 0 bridgehead atoms. The molecular weight excluding hydrogens is 292 g/mol. The number of urea groups is 1.